The highest BCUT2D eigenvalue weighted by Crippen LogP contribution is 2.18. The molecular weight excluding hydrogens is 274 g/mol. The predicted molar refractivity (Wildman–Crippen MR) is 76.3 cm³/mol. The summed E-state index contributed by atoms with van der Waals surface area (Å²) in [6.07, 6.45) is 3.04. The van der Waals surface area contributed by atoms with Gasteiger partial charge in [0.2, 0.25) is 5.60 Å². The summed E-state index contributed by atoms with van der Waals surface area (Å²) in [6, 6.07) is -1.06. The first-order chi connectivity index (χ1) is 8.40. The number of rotatable bonds is 10. The van der Waals surface area contributed by atoms with E-state index in [0.717, 1.165) is 19.3 Å². The molecule has 0 bridgehead atoms. The normalized spacial score (nSPS) is 16.0. The van der Waals surface area contributed by atoms with Crippen LogP contribution >= 0.6 is 24.4 Å². The zero-order chi connectivity index (χ0) is 14.2. The van der Waals surface area contributed by atoms with E-state index >= 15 is 0 Å². The second kappa shape index (κ2) is 8.79. The van der Waals surface area contributed by atoms with Crippen LogP contribution in [0.5, 0.6) is 0 Å². The first-order valence-electron chi connectivity index (χ1n) is 5.84. The molecule has 0 heterocycles. The Kier molecular flexibility index (Phi) is 8.67. The first kappa shape index (κ1) is 17.8. The number of unbranched alkanes of at least 4 members (excludes halogenated alkanes) is 2. The SMILES string of the molecule is CCCCCSCC(O)(C(=O)O)C(=O)C(N)CS. The molecule has 0 aliphatic heterocycles. The molecule has 0 rings (SSSR count). The minimum Gasteiger partial charge on any atom is -0.479 e. The Morgan fingerprint density at radius 2 is 2.06 bits per heavy atom. The number of carboxylic acid groups (broad SMARTS) is 1. The lowest BCUT2D eigenvalue weighted by molar-refractivity contribution is -0.162. The third-order valence-corrected chi connectivity index (χ3v) is 4.09. The van der Waals surface area contributed by atoms with Gasteiger partial charge in [0, 0.05) is 11.5 Å². The van der Waals surface area contributed by atoms with E-state index in [2.05, 4.69) is 19.6 Å². The van der Waals surface area contributed by atoms with Crippen molar-refractivity contribution in [1.82, 2.24) is 0 Å². The van der Waals surface area contributed by atoms with Crippen LogP contribution in [0.15, 0.2) is 0 Å². The van der Waals surface area contributed by atoms with Crippen molar-refractivity contribution in [3.8, 4) is 0 Å². The smallest absolute Gasteiger partial charge is 0.344 e. The number of Topliss-reactive ketones (excluding diaryl/α,β-unsaturated/α-hetero) is 1. The Morgan fingerprint density at radius 1 is 1.44 bits per heavy atom. The van der Waals surface area contributed by atoms with E-state index in [1.807, 2.05) is 0 Å². The first-order valence-corrected chi connectivity index (χ1v) is 7.63. The van der Waals surface area contributed by atoms with Crippen molar-refractivity contribution in [3.05, 3.63) is 0 Å². The summed E-state index contributed by atoms with van der Waals surface area (Å²) in [4.78, 5) is 22.8. The molecule has 7 heteroatoms. The number of aliphatic hydroxyl groups is 1. The summed E-state index contributed by atoms with van der Waals surface area (Å²) < 4.78 is 0. The van der Waals surface area contributed by atoms with E-state index < -0.39 is 23.4 Å². The lowest BCUT2D eigenvalue weighted by Gasteiger charge is -2.24. The van der Waals surface area contributed by atoms with Gasteiger partial charge in [-0.2, -0.15) is 24.4 Å². The molecule has 2 unspecified atom stereocenters. The summed E-state index contributed by atoms with van der Waals surface area (Å²) in [5, 5.41) is 18.9. The number of carbonyl (C=O) groups excluding carboxylic acids is 1. The number of thiol groups is 1. The van der Waals surface area contributed by atoms with Crippen LogP contribution in [0.3, 0.4) is 0 Å². The van der Waals surface area contributed by atoms with Gasteiger partial charge in [0.1, 0.15) is 0 Å². The van der Waals surface area contributed by atoms with Gasteiger partial charge in [-0.15, -0.1) is 0 Å². The summed E-state index contributed by atoms with van der Waals surface area (Å²) >= 11 is 5.09. The topological polar surface area (TPSA) is 101 Å². The van der Waals surface area contributed by atoms with E-state index in [4.69, 9.17) is 10.8 Å². The number of aliphatic carboxylic acids is 1. The molecule has 0 saturated heterocycles. The summed E-state index contributed by atoms with van der Waals surface area (Å²) in [6.45, 7) is 2.06. The van der Waals surface area contributed by atoms with Crippen molar-refractivity contribution in [2.75, 3.05) is 17.3 Å². The highest BCUT2D eigenvalue weighted by molar-refractivity contribution is 7.99. The van der Waals surface area contributed by atoms with E-state index in [1.54, 1.807) is 0 Å². The predicted octanol–water partition coefficient (Wildman–Crippen LogP) is 0.552. The van der Waals surface area contributed by atoms with Gasteiger partial charge < -0.3 is 15.9 Å². The van der Waals surface area contributed by atoms with E-state index in [9.17, 15) is 14.7 Å². The van der Waals surface area contributed by atoms with E-state index in [0.29, 0.717) is 5.75 Å². The fourth-order valence-corrected chi connectivity index (χ4v) is 2.58. The van der Waals surface area contributed by atoms with E-state index in [-0.39, 0.29) is 11.5 Å². The quantitative estimate of drug-likeness (QED) is 0.267. The second-order valence-electron chi connectivity index (χ2n) is 4.08. The van der Waals surface area contributed by atoms with Crippen LogP contribution in [0.25, 0.3) is 0 Å². The molecular formula is C11H21NO4S2. The van der Waals surface area contributed by atoms with Crippen LogP contribution in [0.2, 0.25) is 0 Å². The van der Waals surface area contributed by atoms with Gasteiger partial charge in [-0.05, 0) is 12.2 Å². The average Bonchev–Trinajstić information content (AvgIpc) is 2.36. The number of thioether (sulfide) groups is 1. The van der Waals surface area contributed by atoms with Crippen LogP contribution < -0.4 is 5.73 Å². The Balaban J connectivity index is 4.44. The summed E-state index contributed by atoms with van der Waals surface area (Å²) in [5.41, 5.74) is 3.03. The average molecular weight is 295 g/mol. The molecule has 2 atom stereocenters. The Labute approximate surface area is 117 Å². The van der Waals surface area contributed by atoms with Crippen LogP contribution in [-0.2, 0) is 9.59 Å². The number of hydrogen-bond donors (Lipinski definition) is 4. The van der Waals surface area contributed by atoms with Gasteiger partial charge >= 0.3 is 5.97 Å². The largest absolute Gasteiger partial charge is 0.479 e. The molecule has 106 valence electrons. The molecule has 0 fully saturated rings. The van der Waals surface area contributed by atoms with Crippen molar-refractivity contribution in [1.29, 1.82) is 0 Å². The zero-order valence-corrected chi connectivity index (χ0v) is 12.2. The highest BCUT2D eigenvalue weighted by atomic mass is 32.2. The second-order valence-corrected chi connectivity index (χ2v) is 5.55. The van der Waals surface area contributed by atoms with Gasteiger partial charge in [-0.25, -0.2) is 4.79 Å². The van der Waals surface area contributed by atoms with Crippen molar-refractivity contribution >= 4 is 36.1 Å². The van der Waals surface area contributed by atoms with Crippen molar-refractivity contribution < 1.29 is 19.8 Å². The minimum absolute atomic E-state index is 0.00885. The number of hydrogen-bond acceptors (Lipinski definition) is 6. The monoisotopic (exact) mass is 295 g/mol. The third kappa shape index (κ3) is 5.17. The van der Waals surface area contributed by atoms with Gasteiger partial charge in [0.05, 0.1) is 6.04 Å². The molecule has 0 aliphatic rings. The van der Waals surface area contributed by atoms with Crippen LogP contribution in [0.4, 0.5) is 0 Å². The molecule has 0 radical (unpaired) electrons. The summed E-state index contributed by atoms with van der Waals surface area (Å²) in [5.74, 6) is -1.88. The van der Waals surface area contributed by atoms with Gasteiger partial charge in [-0.3, -0.25) is 4.79 Å². The Hall–Kier alpha value is -0.240. The standard InChI is InChI=1S/C11H21NO4S2/c1-2-3-4-5-18-7-11(16,10(14)15)9(13)8(12)6-17/h8,16-17H,2-7,12H2,1H3,(H,14,15). The molecule has 0 amide bonds. The fraction of sp³-hybridized carbons (Fsp3) is 0.818. The molecule has 18 heavy (non-hydrogen) atoms. The minimum atomic E-state index is -2.40. The fourth-order valence-electron chi connectivity index (χ4n) is 1.30. The third-order valence-electron chi connectivity index (χ3n) is 2.50. The van der Waals surface area contributed by atoms with Crippen LogP contribution in [0, 0.1) is 0 Å². The number of nitrogens with two attached hydrogens (primary N) is 1. The molecule has 0 aliphatic carbocycles. The van der Waals surface area contributed by atoms with Gasteiger partial charge in [0.15, 0.2) is 5.78 Å². The zero-order valence-electron chi connectivity index (χ0n) is 10.5. The molecule has 0 aromatic rings. The Bertz CT molecular complexity index is 288. The maximum absolute atomic E-state index is 11.7. The maximum atomic E-state index is 11.7. The summed E-state index contributed by atoms with van der Waals surface area (Å²) in [7, 11) is 0. The molecule has 0 saturated carbocycles. The van der Waals surface area contributed by atoms with Crippen molar-refractivity contribution in [3.63, 3.8) is 0 Å². The maximum Gasteiger partial charge on any atom is 0.344 e. The molecule has 4 N–H and O–H groups in total. The van der Waals surface area contributed by atoms with E-state index in [1.165, 1.54) is 11.8 Å². The van der Waals surface area contributed by atoms with Crippen molar-refractivity contribution in [2.45, 2.75) is 37.8 Å². The lowest BCUT2D eigenvalue weighted by Crippen LogP contribution is -2.56. The van der Waals surface area contributed by atoms with Crippen LogP contribution in [0.1, 0.15) is 26.2 Å². The van der Waals surface area contributed by atoms with Gasteiger partial charge in [-0.1, -0.05) is 19.8 Å². The number of ketones is 1. The van der Waals surface area contributed by atoms with Crippen LogP contribution in [-0.4, -0.2) is 50.9 Å². The van der Waals surface area contributed by atoms with Crippen molar-refractivity contribution in [2.24, 2.45) is 5.73 Å². The lowest BCUT2D eigenvalue weighted by atomic mass is 9.96. The Morgan fingerprint density at radius 3 is 2.50 bits per heavy atom. The molecule has 0 spiro atoms. The molecule has 5 nitrogen and oxygen atoms in total. The van der Waals surface area contributed by atoms with Gasteiger partial charge in [0.25, 0.3) is 0 Å². The highest BCUT2D eigenvalue weighted by Gasteiger charge is 2.45. The number of carbonyl (C=O) groups is 2. The molecule has 0 aromatic heterocycles. The number of carboxylic acids is 1. The molecule has 0 aromatic carbocycles.